The van der Waals surface area contributed by atoms with E-state index in [9.17, 15) is 0 Å². The predicted octanol–water partition coefficient (Wildman–Crippen LogP) is 3.29. The van der Waals surface area contributed by atoms with Crippen molar-refractivity contribution in [1.29, 1.82) is 0 Å². The smallest absolute Gasteiger partial charge is 0.168 e. The third-order valence-corrected chi connectivity index (χ3v) is 4.23. The van der Waals surface area contributed by atoms with Gasteiger partial charge < -0.3 is 4.43 Å². The molecule has 0 amide bonds. The third-order valence-electron chi connectivity index (χ3n) is 2.29. The Morgan fingerprint density at radius 1 is 1.25 bits per heavy atom. The summed E-state index contributed by atoms with van der Waals surface area (Å²) >= 11 is 5.89. The first-order valence-electron chi connectivity index (χ1n) is 5.47. The zero-order valence-electron chi connectivity index (χ0n) is 10.7. The highest BCUT2D eigenvalue weighted by Crippen LogP contribution is 2.29. The number of rotatable bonds is 3. The molecule has 0 aromatic carbocycles. The summed E-state index contributed by atoms with van der Waals surface area (Å²) < 4.78 is 6.09. The number of pyridine rings is 1. The Morgan fingerprint density at radius 3 is 2.38 bits per heavy atom. The molecule has 1 rings (SSSR count). The van der Waals surface area contributed by atoms with Gasteiger partial charge in [0.05, 0.1) is 5.60 Å². The normalized spacial score (nSPS) is 13.6. The van der Waals surface area contributed by atoms with E-state index in [0.29, 0.717) is 10.2 Å². The second-order valence-corrected chi connectivity index (χ2v) is 8.81. The van der Waals surface area contributed by atoms with E-state index in [2.05, 4.69) is 39.6 Å². The quantitative estimate of drug-likeness (QED) is 0.612. The Bertz CT molecular complexity index is 360. The molecule has 0 aliphatic rings. The van der Waals surface area contributed by atoms with Gasteiger partial charge >= 0.3 is 0 Å². The molecule has 2 nitrogen and oxygen atoms in total. The Balaban J connectivity index is 2.77. The molecule has 0 bridgehead atoms. The first kappa shape index (κ1) is 13.7. The van der Waals surface area contributed by atoms with Crippen LogP contribution in [0.25, 0.3) is 0 Å². The van der Waals surface area contributed by atoms with Crippen LogP contribution in [0.5, 0.6) is 0 Å². The predicted molar refractivity (Wildman–Crippen MR) is 71.6 cm³/mol. The second-order valence-electron chi connectivity index (χ2n) is 5.73. The van der Waals surface area contributed by atoms with Crippen molar-refractivity contribution in [2.75, 3.05) is 0 Å². The molecular weight excluding hydrogens is 238 g/mol. The van der Waals surface area contributed by atoms with Gasteiger partial charge in [-0.15, -0.1) is 0 Å². The van der Waals surface area contributed by atoms with E-state index in [1.54, 1.807) is 6.20 Å². The van der Waals surface area contributed by atoms with Gasteiger partial charge in [0, 0.05) is 6.20 Å². The minimum atomic E-state index is -0.574. The Hall–Kier alpha value is -0.383. The van der Waals surface area contributed by atoms with Crippen LogP contribution in [0.4, 0.5) is 0 Å². The van der Waals surface area contributed by atoms with E-state index in [4.69, 9.17) is 16.0 Å². The van der Waals surface area contributed by atoms with Crippen molar-refractivity contribution in [2.24, 2.45) is 0 Å². The average molecular weight is 258 g/mol. The Labute approximate surface area is 105 Å². The van der Waals surface area contributed by atoms with Gasteiger partial charge in [-0.05, 0) is 36.6 Å². The molecule has 1 aromatic rings. The van der Waals surface area contributed by atoms with Crippen LogP contribution in [0, 0.1) is 0 Å². The maximum atomic E-state index is 6.09. The minimum Gasteiger partial charge on any atom is -0.415 e. The molecule has 0 unspecified atom stereocenters. The van der Waals surface area contributed by atoms with Gasteiger partial charge in [-0.3, -0.25) is 0 Å². The molecule has 0 aliphatic carbocycles. The highest BCUT2D eigenvalue weighted by atomic mass is 35.5. The van der Waals surface area contributed by atoms with E-state index in [1.807, 2.05) is 12.1 Å². The van der Waals surface area contributed by atoms with Crippen LogP contribution in [-0.2, 0) is 10.0 Å². The molecule has 4 heteroatoms. The van der Waals surface area contributed by atoms with Crippen molar-refractivity contribution in [1.82, 2.24) is 4.98 Å². The summed E-state index contributed by atoms with van der Waals surface area (Å²) in [7, 11) is -0.574. The number of hydrogen-bond acceptors (Lipinski definition) is 2. The van der Waals surface area contributed by atoms with Crippen molar-refractivity contribution >= 4 is 21.4 Å². The molecule has 0 radical (unpaired) electrons. The fourth-order valence-corrected chi connectivity index (χ4v) is 2.39. The van der Waals surface area contributed by atoms with Crippen LogP contribution < -0.4 is 0 Å². The second kappa shape index (κ2) is 4.86. The summed E-state index contributed by atoms with van der Waals surface area (Å²) in [5.41, 5.74) is 0.816. The van der Waals surface area contributed by atoms with Gasteiger partial charge in [-0.2, -0.15) is 0 Å². The van der Waals surface area contributed by atoms with Gasteiger partial charge in [0.1, 0.15) is 5.15 Å². The number of halogens is 1. The van der Waals surface area contributed by atoms with Crippen LogP contribution in [0.3, 0.4) is 0 Å². The molecule has 0 aliphatic heterocycles. The molecule has 1 heterocycles. The molecule has 0 N–H and O–H groups in total. The molecule has 16 heavy (non-hydrogen) atoms. The van der Waals surface area contributed by atoms with Crippen molar-refractivity contribution in [3.8, 4) is 0 Å². The summed E-state index contributed by atoms with van der Waals surface area (Å²) in [6.45, 7) is 10.8. The standard InChI is InChI=1S/C12H20ClNOSi/c1-11(2,3)16-15-12(4,5)9-6-7-14-10(13)8-9/h6-8H,16H2,1-5H3. The van der Waals surface area contributed by atoms with Crippen LogP contribution in [0.1, 0.15) is 40.2 Å². The van der Waals surface area contributed by atoms with Crippen LogP contribution in [0.2, 0.25) is 10.2 Å². The first-order valence-corrected chi connectivity index (χ1v) is 7.13. The zero-order chi connectivity index (χ0) is 12.4. The zero-order valence-corrected chi connectivity index (χ0v) is 12.8. The minimum absolute atomic E-state index is 0.272. The highest BCUT2D eigenvalue weighted by Gasteiger charge is 2.24. The van der Waals surface area contributed by atoms with Crippen LogP contribution in [-0.4, -0.2) is 14.7 Å². The molecule has 0 saturated carbocycles. The summed E-state index contributed by atoms with van der Waals surface area (Å²) in [6, 6.07) is 3.83. The fourth-order valence-electron chi connectivity index (χ4n) is 1.26. The molecule has 0 atom stereocenters. The van der Waals surface area contributed by atoms with Crippen LogP contribution >= 0.6 is 11.6 Å². The molecule has 0 spiro atoms. The number of hydrogen-bond donors (Lipinski definition) is 0. The summed E-state index contributed by atoms with van der Waals surface area (Å²) in [5.74, 6) is 0. The van der Waals surface area contributed by atoms with Crippen molar-refractivity contribution in [2.45, 2.75) is 45.3 Å². The van der Waals surface area contributed by atoms with E-state index in [0.717, 1.165) is 5.56 Å². The van der Waals surface area contributed by atoms with Gasteiger partial charge in [0.15, 0.2) is 9.76 Å². The van der Waals surface area contributed by atoms with Gasteiger partial charge in [0.25, 0.3) is 0 Å². The first-order chi connectivity index (χ1) is 7.21. The van der Waals surface area contributed by atoms with Crippen molar-refractivity contribution in [3.63, 3.8) is 0 Å². The summed E-state index contributed by atoms with van der Waals surface area (Å²) in [4.78, 5) is 3.98. The molecular formula is C12H20ClNOSi. The number of nitrogens with zero attached hydrogens (tertiary/aromatic N) is 1. The molecule has 1 aromatic heterocycles. The summed E-state index contributed by atoms with van der Waals surface area (Å²) in [6.07, 6.45) is 1.72. The third kappa shape index (κ3) is 4.24. The maximum absolute atomic E-state index is 6.09. The van der Waals surface area contributed by atoms with Crippen molar-refractivity contribution < 1.29 is 4.43 Å². The van der Waals surface area contributed by atoms with Gasteiger partial charge in [-0.25, -0.2) is 4.98 Å². The molecule has 0 fully saturated rings. The highest BCUT2D eigenvalue weighted by molar-refractivity contribution is 6.32. The van der Waals surface area contributed by atoms with E-state index < -0.39 is 9.76 Å². The lowest BCUT2D eigenvalue weighted by atomic mass is 10.0. The van der Waals surface area contributed by atoms with Gasteiger partial charge in [0.2, 0.25) is 0 Å². The SMILES string of the molecule is CC(C)(C)[SiH2]OC(C)(C)c1ccnc(Cl)c1. The maximum Gasteiger partial charge on any atom is 0.168 e. The lowest BCUT2D eigenvalue weighted by Gasteiger charge is -2.30. The lowest BCUT2D eigenvalue weighted by molar-refractivity contribution is 0.109. The number of aromatic nitrogens is 1. The van der Waals surface area contributed by atoms with Crippen LogP contribution in [0.15, 0.2) is 18.3 Å². The molecule has 0 saturated heterocycles. The van der Waals surface area contributed by atoms with Crippen molar-refractivity contribution in [3.05, 3.63) is 29.0 Å². The fraction of sp³-hybridized carbons (Fsp3) is 0.583. The monoisotopic (exact) mass is 257 g/mol. The molecule has 90 valence electrons. The van der Waals surface area contributed by atoms with E-state index in [1.165, 1.54) is 0 Å². The van der Waals surface area contributed by atoms with E-state index in [-0.39, 0.29) is 5.60 Å². The van der Waals surface area contributed by atoms with Gasteiger partial charge in [-0.1, -0.05) is 32.4 Å². The Kier molecular flexibility index (Phi) is 4.15. The average Bonchev–Trinajstić information content (AvgIpc) is 2.14. The lowest BCUT2D eigenvalue weighted by Crippen LogP contribution is -2.27. The van der Waals surface area contributed by atoms with E-state index >= 15 is 0 Å². The largest absolute Gasteiger partial charge is 0.415 e. The topological polar surface area (TPSA) is 22.1 Å². The summed E-state index contributed by atoms with van der Waals surface area (Å²) in [5, 5.41) is 0.820. The Morgan fingerprint density at radius 2 is 1.88 bits per heavy atom.